The SMILES string of the molecule is CCOC(=O)c1cccc(NC(=O)c2cc(CC)c(C)s2)c1. The molecule has 1 heterocycles. The van der Waals surface area contributed by atoms with Crippen LogP contribution < -0.4 is 5.32 Å². The van der Waals surface area contributed by atoms with Gasteiger partial charge in [0.1, 0.15) is 0 Å². The van der Waals surface area contributed by atoms with Gasteiger partial charge in [0.25, 0.3) is 5.91 Å². The van der Waals surface area contributed by atoms with Gasteiger partial charge in [-0.1, -0.05) is 13.0 Å². The van der Waals surface area contributed by atoms with Gasteiger partial charge in [0.05, 0.1) is 17.0 Å². The summed E-state index contributed by atoms with van der Waals surface area (Å²) in [6, 6.07) is 8.68. The average Bonchev–Trinajstić information content (AvgIpc) is 2.89. The van der Waals surface area contributed by atoms with E-state index in [0.717, 1.165) is 11.3 Å². The molecular weight excluding hydrogens is 298 g/mol. The molecule has 1 aromatic carbocycles. The zero-order chi connectivity index (χ0) is 16.1. The largest absolute Gasteiger partial charge is 0.462 e. The van der Waals surface area contributed by atoms with E-state index in [4.69, 9.17) is 4.74 Å². The number of thiophene rings is 1. The van der Waals surface area contributed by atoms with Crippen molar-refractivity contribution in [3.8, 4) is 0 Å². The lowest BCUT2D eigenvalue weighted by atomic mass is 10.2. The monoisotopic (exact) mass is 317 g/mol. The minimum absolute atomic E-state index is 0.159. The number of ether oxygens (including phenoxy) is 1. The highest BCUT2D eigenvalue weighted by Gasteiger charge is 2.13. The van der Waals surface area contributed by atoms with Crippen LogP contribution in [0.4, 0.5) is 5.69 Å². The molecule has 0 spiro atoms. The topological polar surface area (TPSA) is 55.4 Å². The van der Waals surface area contributed by atoms with Gasteiger partial charge in [-0.15, -0.1) is 11.3 Å². The number of benzene rings is 1. The van der Waals surface area contributed by atoms with Crippen LogP contribution in [0.5, 0.6) is 0 Å². The molecule has 0 bridgehead atoms. The fraction of sp³-hybridized carbons (Fsp3) is 0.294. The summed E-state index contributed by atoms with van der Waals surface area (Å²) in [5.74, 6) is -0.548. The minimum atomic E-state index is -0.390. The number of carbonyl (C=O) groups is 2. The van der Waals surface area contributed by atoms with Crippen LogP contribution in [-0.2, 0) is 11.2 Å². The van der Waals surface area contributed by atoms with Crippen molar-refractivity contribution in [2.45, 2.75) is 27.2 Å². The average molecular weight is 317 g/mol. The molecule has 4 nitrogen and oxygen atoms in total. The summed E-state index contributed by atoms with van der Waals surface area (Å²) < 4.78 is 4.96. The van der Waals surface area contributed by atoms with E-state index in [1.165, 1.54) is 16.9 Å². The summed E-state index contributed by atoms with van der Waals surface area (Å²) in [6.45, 7) is 6.17. The fourth-order valence-corrected chi connectivity index (χ4v) is 3.12. The lowest BCUT2D eigenvalue weighted by Gasteiger charge is -2.06. The van der Waals surface area contributed by atoms with E-state index in [0.29, 0.717) is 22.7 Å². The Kier molecular flexibility index (Phi) is 5.33. The van der Waals surface area contributed by atoms with Crippen LogP contribution in [0.1, 0.15) is 44.3 Å². The quantitative estimate of drug-likeness (QED) is 0.847. The van der Waals surface area contributed by atoms with E-state index in [-0.39, 0.29) is 11.9 Å². The minimum Gasteiger partial charge on any atom is -0.462 e. The molecule has 1 N–H and O–H groups in total. The molecule has 2 rings (SSSR count). The van der Waals surface area contributed by atoms with Crippen molar-refractivity contribution >= 4 is 28.9 Å². The van der Waals surface area contributed by atoms with Gasteiger partial charge in [-0.2, -0.15) is 0 Å². The number of nitrogens with one attached hydrogen (secondary N) is 1. The van der Waals surface area contributed by atoms with Gasteiger partial charge in [-0.25, -0.2) is 4.79 Å². The molecular formula is C17H19NO3S. The molecule has 0 fully saturated rings. The molecule has 0 radical (unpaired) electrons. The number of carbonyl (C=O) groups excluding carboxylic acids is 2. The number of aryl methyl sites for hydroxylation is 2. The molecule has 0 unspecified atom stereocenters. The van der Waals surface area contributed by atoms with Gasteiger partial charge in [0.15, 0.2) is 0 Å². The van der Waals surface area contributed by atoms with Crippen molar-refractivity contribution in [3.63, 3.8) is 0 Å². The highest BCUT2D eigenvalue weighted by Crippen LogP contribution is 2.23. The third-order valence-electron chi connectivity index (χ3n) is 3.26. The number of hydrogen-bond acceptors (Lipinski definition) is 4. The normalized spacial score (nSPS) is 10.3. The van der Waals surface area contributed by atoms with Crippen LogP contribution in [0.25, 0.3) is 0 Å². The van der Waals surface area contributed by atoms with E-state index >= 15 is 0 Å². The van der Waals surface area contributed by atoms with Crippen LogP contribution in [0, 0.1) is 6.92 Å². The second-order valence-electron chi connectivity index (χ2n) is 4.80. The van der Waals surface area contributed by atoms with Crippen molar-refractivity contribution in [3.05, 3.63) is 51.2 Å². The zero-order valence-electron chi connectivity index (χ0n) is 12.9. The Morgan fingerprint density at radius 2 is 2.00 bits per heavy atom. The first-order valence-corrected chi connectivity index (χ1v) is 8.04. The predicted molar refractivity (Wildman–Crippen MR) is 88.8 cm³/mol. The first-order valence-electron chi connectivity index (χ1n) is 7.23. The molecule has 5 heteroatoms. The van der Waals surface area contributed by atoms with Crippen molar-refractivity contribution in [2.24, 2.45) is 0 Å². The molecule has 2 aromatic rings. The number of esters is 1. The fourth-order valence-electron chi connectivity index (χ4n) is 2.11. The third-order valence-corrected chi connectivity index (χ3v) is 4.35. The molecule has 1 amide bonds. The standard InChI is InChI=1S/C17H19NO3S/c1-4-12-10-15(22-11(12)3)16(19)18-14-8-6-7-13(9-14)17(20)21-5-2/h6-10H,4-5H2,1-3H3,(H,18,19). The summed E-state index contributed by atoms with van der Waals surface area (Å²) in [6.07, 6.45) is 0.911. The van der Waals surface area contributed by atoms with Gasteiger partial charge in [0, 0.05) is 10.6 Å². The second kappa shape index (κ2) is 7.22. The summed E-state index contributed by atoms with van der Waals surface area (Å²) in [5.41, 5.74) is 2.20. The molecule has 0 aliphatic heterocycles. The summed E-state index contributed by atoms with van der Waals surface area (Å²) in [5, 5.41) is 2.82. The molecule has 0 aliphatic rings. The molecule has 0 saturated carbocycles. The van der Waals surface area contributed by atoms with Gasteiger partial charge < -0.3 is 10.1 Å². The summed E-state index contributed by atoms with van der Waals surface area (Å²) in [4.78, 5) is 25.8. The predicted octanol–water partition coefficient (Wildman–Crippen LogP) is 4.05. The number of amides is 1. The van der Waals surface area contributed by atoms with E-state index in [1.54, 1.807) is 31.2 Å². The maximum atomic E-state index is 12.3. The highest BCUT2D eigenvalue weighted by molar-refractivity contribution is 7.14. The Balaban J connectivity index is 2.14. The smallest absolute Gasteiger partial charge is 0.338 e. The van der Waals surface area contributed by atoms with Crippen LogP contribution in [0.15, 0.2) is 30.3 Å². The van der Waals surface area contributed by atoms with Crippen LogP contribution in [-0.4, -0.2) is 18.5 Å². The Morgan fingerprint density at radius 3 is 2.64 bits per heavy atom. The zero-order valence-corrected chi connectivity index (χ0v) is 13.8. The van der Waals surface area contributed by atoms with E-state index in [1.807, 2.05) is 13.0 Å². The second-order valence-corrected chi connectivity index (χ2v) is 6.06. The summed E-state index contributed by atoms with van der Waals surface area (Å²) >= 11 is 1.48. The Morgan fingerprint density at radius 1 is 1.23 bits per heavy atom. The van der Waals surface area contributed by atoms with E-state index in [9.17, 15) is 9.59 Å². The van der Waals surface area contributed by atoms with Gasteiger partial charge in [-0.3, -0.25) is 4.79 Å². The maximum Gasteiger partial charge on any atom is 0.338 e. The van der Waals surface area contributed by atoms with Crippen LogP contribution in [0.2, 0.25) is 0 Å². The first kappa shape index (κ1) is 16.2. The number of anilines is 1. The molecule has 0 aliphatic carbocycles. The third kappa shape index (κ3) is 3.74. The van der Waals surface area contributed by atoms with Crippen LogP contribution >= 0.6 is 11.3 Å². The number of hydrogen-bond donors (Lipinski definition) is 1. The Hall–Kier alpha value is -2.14. The van der Waals surface area contributed by atoms with E-state index in [2.05, 4.69) is 12.2 Å². The lowest BCUT2D eigenvalue weighted by Crippen LogP contribution is -2.11. The molecule has 1 aromatic heterocycles. The maximum absolute atomic E-state index is 12.3. The van der Waals surface area contributed by atoms with Crippen molar-refractivity contribution in [2.75, 3.05) is 11.9 Å². The van der Waals surface area contributed by atoms with Gasteiger partial charge in [-0.05, 0) is 50.1 Å². The Bertz CT molecular complexity index is 691. The van der Waals surface area contributed by atoms with E-state index < -0.39 is 0 Å². The molecule has 116 valence electrons. The number of rotatable bonds is 5. The van der Waals surface area contributed by atoms with Gasteiger partial charge in [0.2, 0.25) is 0 Å². The van der Waals surface area contributed by atoms with Crippen molar-refractivity contribution in [1.82, 2.24) is 0 Å². The van der Waals surface area contributed by atoms with Crippen LogP contribution in [0.3, 0.4) is 0 Å². The highest BCUT2D eigenvalue weighted by atomic mass is 32.1. The lowest BCUT2D eigenvalue weighted by molar-refractivity contribution is 0.0526. The molecule has 22 heavy (non-hydrogen) atoms. The van der Waals surface area contributed by atoms with Crippen molar-refractivity contribution < 1.29 is 14.3 Å². The van der Waals surface area contributed by atoms with Gasteiger partial charge >= 0.3 is 5.97 Å². The molecule has 0 atom stereocenters. The summed E-state index contributed by atoms with van der Waals surface area (Å²) in [7, 11) is 0. The Labute approximate surface area is 134 Å². The first-order chi connectivity index (χ1) is 10.5. The molecule has 0 saturated heterocycles. The van der Waals surface area contributed by atoms with Crippen molar-refractivity contribution in [1.29, 1.82) is 0 Å².